The zero-order valence-electron chi connectivity index (χ0n) is 14.0. The van der Waals surface area contributed by atoms with Gasteiger partial charge in [0, 0.05) is 27.9 Å². The van der Waals surface area contributed by atoms with E-state index >= 15 is 0 Å². The van der Waals surface area contributed by atoms with Crippen molar-refractivity contribution in [2.24, 2.45) is 0 Å². The predicted molar refractivity (Wildman–Crippen MR) is 104 cm³/mol. The summed E-state index contributed by atoms with van der Waals surface area (Å²) in [7, 11) is 0. The Labute approximate surface area is 167 Å². The number of nitrogens with zero attached hydrogens (tertiary/aromatic N) is 2. The number of carbonyl (C=O) groups is 2. The lowest BCUT2D eigenvalue weighted by Crippen LogP contribution is -2.20. The van der Waals surface area contributed by atoms with Gasteiger partial charge in [-0.3, -0.25) is 14.9 Å². The maximum atomic E-state index is 12.1. The van der Waals surface area contributed by atoms with Gasteiger partial charge in [0.2, 0.25) is 0 Å². The highest BCUT2D eigenvalue weighted by Crippen LogP contribution is 2.29. The zero-order valence-corrected chi connectivity index (χ0v) is 15.5. The average Bonchev–Trinajstić information content (AvgIpc) is 3.09. The standard InChI is InChI=1S/C18H10ClN3O5S/c19-14-7-12(2-1-10(14)8-20)21-17(23)9-27-18(24)16-6-11-5-13(22(25)26)3-4-15(11)28-16/h1-7H,9H2,(H,21,23). The highest BCUT2D eigenvalue weighted by atomic mass is 35.5. The van der Waals surface area contributed by atoms with Crippen molar-refractivity contribution in [2.75, 3.05) is 11.9 Å². The number of hydrogen-bond donors (Lipinski definition) is 1. The quantitative estimate of drug-likeness (QED) is 0.379. The summed E-state index contributed by atoms with van der Waals surface area (Å²) < 4.78 is 5.67. The number of carbonyl (C=O) groups excluding carboxylic acids is 2. The molecule has 0 fully saturated rings. The predicted octanol–water partition coefficient (Wildman–Crippen LogP) is 4.13. The lowest BCUT2D eigenvalue weighted by Gasteiger charge is -2.06. The molecule has 0 unspecified atom stereocenters. The Morgan fingerprint density at radius 3 is 2.71 bits per heavy atom. The van der Waals surface area contributed by atoms with E-state index in [0.29, 0.717) is 15.8 Å². The summed E-state index contributed by atoms with van der Waals surface area (Å²) >= 11 is 7.00. The molecule has 10 heteroatoms. The largest absolute Gasteiger partial charge is 0.451 e. The van der Waals surface area contributed by atoms with Gasteiger partial charge in [-0.05, 0) is 30.3 Å². The number of esters is 1. The normalized spacial score (nSPS) is 10.3. The number of hydrogen-bond acceptors (Lipinski definition) is 7. The molecule has 0 atom stereocenters. The summed E-state index contributed by atoms with van der Waals surface area (Å²) in [6, 6.07) is 12.0. The second-order valence-corrected chi connectivity index (χ2v) is 7.01. The number of fused-ring (bicyclic) bond motifs is 1. The third-order valence-corrected chi connectivity index (χ3v) is 5.03. The van der Waals surface area contributed by atoms with Crippen molar-refractivity contribution in [3.63, 3.8) is 0 Å². The van der Waals surface area contributed by atoms with Crippen LogP contribution in [-0.2, 0) is 9.53 Å². The number of anilines is 1. The highest BCUT2D eigenvalue weighted by Gasteiger charge is 2.16. The van der Waals surface area contributed by atoms with Gasteiger partial charge < -0.3 is 10.1 Å². The van der Waals surface area contributed by atoms with Crippen molar-refractivity contribution in [3.05, 3.63) is 68.0 Å². The third kappa shape index (κ3) is 4.25. The lowest BCUT2D eigenvalue weighted by molar-refractivity contribution is -0.384. The Morgan fingerprint density at radius 1 is 1.25 bits per heavy atom. The molecule has 0 bridgehead atoms. The Morgan fingerprint density at radius 2 is 2.04 bits per heavy atom. The molecule has 0 saturated heterocycles. The van der Waals surface area contributed by atoms with Gasteiger partial charge in [0.05, 0.1) is 15.5 Å². The fraction of sp³-hybridized carbons (Fsp3) is 0.0556. The van der Waals surface area contributed by atoms with Crippen LogP contribution in [0.5, 0.6) is 0 Å². The molecule has 1 aromatic heterocycles. The van der Waals surface area contributed by atoms with Crippen LogP contribution >= 0.6 is 22.9 Å². The van der Waals surface area contributed by atoms with Gasteiger partial charge in [-0.25, -0.2) is 4.79 Å². The van der Waals surface area contributed by atoms with Crippen molar-refractivity contribution < 1.29 is 19.2 Å². The fourth-order valence-electron chi connectivity index (χ4n) is 2.33. The van der Waals surface area contributed by atoms with E-state index in [1.165, 1.54) is 36.4 Å². The van der Waals surface area contributed by atoms with E-state index in [1.54, 1.807) is 6.07 Å². The molecular formula is C18H10ClN3O5S. The number of halogens is 1. The summed E-state index contributed by atoms with van der Waals surface area (Å²) in [6.07, 6.45) is 0. The number of ether oxygens (including phenoxy) is 1. The number of nitriles is 1. The monoisotopic (exact) mass is 415 g/mol. The van der Waals surface area contributed by atoms with E-state index in [9.17, 15) is 19.7 Å². The molecule has 0 aliphatic heterocycles. The van der Waals surface area contributed by atoms with Crippen LogP contribution < -0.4 is 5.32 Å². The average molecular weight is 416 g/mol. The summed E-state index contributed by atoms with van der Waals surface area (Å²) in [5.74, 6) is -1.29. The molecule has 3 aromatic rings. The van der Waals surface area contributed by atoms with Gasteiger partial charge in [-0.1, -0.05) is 11.6 Å². The second kappa shape index (κ2) is 8.04. The molecular weight excluding hydrogens is 406 g/mol. The van der Waals surface area contributed by atoms with Crippen LogP contribution in [0.4, 0.5) is 11.4 Å². The van der Waals surface area contributed by atoms with Crippen LogP contribution in [0.2, 0.25) is 5.02 Å². The van der Waals surface area contributed by atoms with Crippen LogP contribution in [0.25, 0.3) is 10.1 Å². The van der Waals surface area contributed by atoms with Crippen molar-refractivity contribution >= 4 is 56.3 Å². The molecule has 28 heavy (non-hydrogen) atoms. The third-order valence-electron chi connectivity index (χ3n) is 3.62. The maximum Gasteiger partial charge on any atom is 0.348 e. The number of non-ortho nitro benzene ring substituents is 1. The van der Waals surface area contributed by atoms with Crippen LogP contribution in [0.3, 0.4) is 0 Å². The van der Waals surface area contributed by atoms with E-state index in [1.807, 2.05) is 6.07 Å². The molecule has 0 aliphatic rings. The summed E-state index contributed by atoms with van der Waals surface area (Å²) in [5, 5.41) is 22.9. The van der Waals surface area contributed by atoms with E-state index in [2.05, 4.69) is 5.32 Å². The molecule has 0 saturated carbocycles. The first-order valence-electron chi connectivity index (χ1n) is 7.72. The smallest absolute Gasteiger partial charge is 0.348 e. The second-order valence-electron chi connectivity index (χ2n) is 5.52. The summed E-state index contributed by atoms with van der Waals surface area (Å²) in [4.78, 5) is 34.6. The van der Waals surface area contributed by atoms with Crippen molar-refractivity contribution in [1.82, 2.24) is 0 Å². The van der Waals surface area contributed by atoms with E-state index in [0.717, 1.165) is 11.3 Å². The van der Waals surface area contributed by atoms with Gasteiger partial charge in [-0.2, -0.15) is 5.26 Å². The number of nitrogens with one attached hydrogen (secondary N) is 1. The van der Waals surface area contributed by atoms with E-state index in [4.69, 9.17) is 21.6 Å². The summed E-state index contributed by atoms with van der Waals surface area (Å²) in [6.45, 7) is -0.523. The Hall–Kier alpha value is -3.48. The molecule has 1 heterocycles. The molecule has 0 radical (unpaired) electrons. The van der Waals surface area contributed by atoms with Gasteiger partial charge in [0.25, 0.3) is 11.6 Å². The molecule has 1 N–H and O–H groups in total. The topological polar surface area (TPSA) is 122 Å². The Balaban J connectivity index is 1.62. The van der Waals surface area contributed by atoms with Gasteiger partial charge in [0.1, 0.15) is 10.9 Å². The molecule has 1 amide bonds. The Bertz CT molecular complexity index is 1150. The molecule has 8 nitrogen and oxygen atoms in total. The first-order chi connectivity index (χ1) is 13.4. The minimum Gasteiger partial charge on any atom is -0.451 e. The van der Waals surface area contributed by atoms with E-state index < -0.39 is 23.4 Å². The van der Waals surface area contributed by atoms with Gasteiger partial charge in [0.15, 0.2) is 6.61 Å². The highest BCUT2D eigenvalue weighted by molar-refractivity contribution is 7.20. The number of amides is 1. The number of thiophene rings is 1. The van der Waals surface area contributed by atoms with Crippen LogP contribution in [0.1, 0.15) is 15.2 Å². The zero-order chi connectivity index (χ0) is 20.3. The van der Waals surface area contributed by atoms with Gasteiger partial charge in [-0.15, -0.1) is 11.3 Å². The first kappa shape index (κ1) is 19.3. The summed E-state index contributed by atoms with van der Waals surface area (Å²) in [5.41, 5.74) is 0.556. The van der Waals surface area contributed by atoms with Crippen LogP contribution in [-0.4, -0.2) is 23.4 Å². The Kier molecular flexibility index (Phi) is 5.54. The van der Waals surface area contributed by atoms with Crippen molar-refractivity contribution in [3.8, 4) is 6.07 Å². The maximum absolute atomic E-state index is 12.1. The van der Waals surface area contributed by atoms with Crippen LogP contribution in [0.15, 0.2) is 42.5 Å². The molecule has 2 aromatic carbocycles. The number of benzene rings is 2. The number of nitro benzene ring substituents is 1. The van der Waals surface area contributed by atoms with Crippen LogP contribution in [0, 0.1) is 21.4 Å². The van der Waals surface area contributed by atoms with Gasteiger partial charge >= 0.3 is 5.97 Å². The minimum atomic E-state index is -0.711. The fourth-order valence-corrected chi connectivity index (χ4v) is 3.49. The molecule has 3 rings (SSSR count). The van der Waals surface area contributed by atoms with E-state index in [-0.39, 0.29) is 21.2 Å². The lowest BCUT2D eigenvalue weighted by atomic mass is 10.2. The molecule has 0 aliphatic carbocycles. The number of nitro groups is 1. The first-order valence-corrected chi connectivity index (χ1v) is 8.91. The number of rotatable bonds is 5. The minimum absolute atomic E-state index is 0.0781. The SMILES string of the molecule is N#Cc1ccc(NC(=O)COC(=O)c2cc3cc([N+](=O)[O-])ccc3s2)cc1Cl. The molecule has 140 valence electrons. The van der Waals surface area contributed by atoms with Crippen molar-refractivity contribution in [1.29, 1.82) is 5.26 Å². The molecule has 0 spiro atoms. The van der Waals surface area contributed by atoms with Crippen molar-refractivity contribution in [2.45, 2.75) is 0 Å².